The normalized spacial score (nSPS) is 13.3. The van der Waals surface area contributed by atoms with Crippen molar-refractivity contribution in [3.63, 3.8) is 0 Å². The fourth-order valence-corrected chi connectivity index (χ4v) is 3.81. The first-order chi connectivity index (χ1) is 13.4. The van der Waals surface area contributed by atoms with E-state index in [1.807, 2.05) is 26.0 Å². The third-order valence-electron chi connectivity index (χ3n) is 4.55. The largest absolute Gasteiger partial charge is 0.325 e. The molecule has 1 amide bonds. The van der Waals surface area contributed by atoms with E-state index in [1.165, 1.54) is 30.0 Å². The molecule has 0 unspecified atom stereocenters. The Morgan fingerprint density at radius 2 is 1.96 bits per heavy atom. The molecule has 7 heteroatoms. The molecule has 28 heavy (non-hydrogen) atoms. The first-order valence-corrected chi connectivity index (χ1v) is 10.0. The number of rotatable bonds is 6. The van der Waals surface area contributed by atoms with Gasteiger partial charge in [0.05, 0.1) is 16.2 Å². The van der Waals surface area contributed by atoms with Crippen LogP contribution >= 0.6 is 11.8 Å². The van der Waals surface area contributed by atoms with Crippen LogP contribution < -0.4 is 10.9 Å². The van der Waals surface area contributed by atoms with Crippen LogP contribution in [0.4, 0.5) is 10.1 Å². The Kier molecular flexibility index (Phi) is 6.14. The van der Waals surface area contributed by atoms with Gasteiger partial charge in [0, 0.05) is 11.7 Å². The summed E-state index contributed by atoms with van der Waals surface area (Å²) in [5.41, 5.74) is 0.885. The molecule has 1 heterocycles. The Bertz CT molecular complexity index is 1070. The lowest BCUT2D eigenvalue weighted by Crippen LogP contribution is -2.28. The van der Waals surface area contributed by atoms with Crippen LogP contribution in [0.5, 0.6) is 0 Å². The summed E-state index contributed by atoms with van der Waals surface area (Å²) in [7, 11) is 0. The zero-order valence-electron chi connectivity index (χ0n) is 16.0. The first kappa shape index (κ1) is 20.1. The minimum atomic E-state index is -0.522. The summed E-state index contributed by atoms with van der Waals surface area (Å²) < 4.78 is 15.0. The number of nitrogens with one attached hydrogen (secondary N) is 1. The van der Waals surface area contributed by atoms with Gasteiger partial charge in [0.1, 0.15) is 5.82 Å². The molecule has 0 radical (unpaired) electrons. The van der Waals surface area contributed by atoms with Crippen molar-refractivity contribution >= 4 is 34.3 Å². The van der Waals surface area contributed by atoms with Crippen LogP contribution in [0.2, 0.25) is 0 Å². The number of hydrogen-bond donors (Lipinski definition) is 1. The van der Waals surface area contributed by atoms with E-state index < -0.39 is 11.1 Å². The van der Waals surface area contributed by atoms with Gasteiger partial charge in [-0.1, -0.05) is 36.9 Å². The zero-order chi connectivity index (χ0) is 20.3. The number of fused-ring (bicyclic) bond motifs is 1. The molecule has 0 fully saturated rings. The third kappa shape index (κ3) is 4.25. The number of carbonyl (C=O) groups is 1. The van der Waals surface area contributed by atoms with Crippen molar-refractivity contribution in [2.75, 3.05) is 5.32 Å². The van der Waals surface area contributed by atoms with Crippen LogP contribution in [0.1, 0.15) is 33.2 Å². The van der Waals surface area contributed by atoms with Gasteiger partial charge in [0.2, 0.25) is 5.91 Å². The molecule has 2 aromatic carbocycles. The highest BCUT2D eigenvalue weighted by molar-refractivity contribution is 8.00. The van der Waals surface area contributed by atoms with Gasteiger partial charge in [0.15, 0.2) is 5.16 Å². The van der Waals surface area contributed by atoms with Crippen molar-refractivity contribution in [3.8, 4) is 0 Å². The van der Waals surface area contributed by atoms with Crippen molar-refractivity contribution in [2.24, 2.45) is 0 Å². The molecule has 0 saturated carbocycles. The number of nitrogens with zero attached hydrogens (tertiary/aromatic N) is 2. The first-order valence-electron chi connectivity index (χ1n) is 9.15. The smallest absolute Gasteiger partial charge is 0.262 e. The molecule has 1 N–H and O–H groups in total. The predicted molar refractivity (Wildman–Crippen MR) is 111 cm³/mol. The molecular formula is C21H22FN3O2S. The second-order valence-corrected chi connectivity index (χ2v) is 7.91. The number of aromatic nitrogens is 2. The van der Waals surface area contributed by atoms with Crippen LogP contribution in [-0.4, -0.2) is 20.7 Å². The highest BCUT2D eigenvalue weighted by Gasteiger charge is 2.21. The van der Waals surface area contributed by atoms with E-state index in [-0.39, 0.29) is 17.5 Å². The van der Waals surface area contributed by atoms with Crippen LogP contribution in [0.25, 0.3) is 10.9 Å². The molecule has 146 valence electrons. The second-order valence-electron chi connectivity index (χ2n) is 6.60. The monoisotopic (exact) mass is 399 g/mol. The third-order valence-corrected chi connectivity index (χ3v) is 5.62. The van der Waals surface area contributed by atoms with E-state index in [1.54, 1.807) is 29.7 Å². The lowest BCUT2D eigenvalue weighted by Gasteiger charge is -2.20. The van der Waals surface area contributed by atoms with Crippen molar-refractivity contribution in [3.05, 3.63) is 64.7 Å². The summed E-state index contributed by atoms with van der Waals surface area (Å²) in [6.07, 6.45) is 0.761. The van der Waals surface area contributed by atoms with E-state index in [0.29, 0.717) is 21.7 Å². The number of anilines is 1. The van der Waals surface area contributed by atoms with Crippen molar-refractivity contribution < 1.29 is 9.18 Å². The number of thioether (sulfide) groups is 1. The van der Waals surface area contributed by atoms with Crippen LogP contribution in [0.15, 0.2) is 58.5 Å². The van der Waals surface area contributed by atoms with Gasteiger partial charge in [-0.25, -0.2) is 9.37 Å². The summed E-state index contributed by atoms with van der Waals surface area (Å²) in [6, 6.07) is 12.9. The van der Waals surface area contributed by atoms with E-state index in [9.17, 15) is 14.0 Å². The molecule has 2 atom stereocenters. The van der Waals surface area contributed by atoms with Gasteiger partial charge in [-0.05, 0) is 50.6 Å². The molecule has 1 aromatic heterocycles. The molecular weight excluding hydrogens is 377 g/mol. The number of para-hydroxylation sites is 1. The standard InChI is InChI=1S/C21H22FN3O2S/c1-4-13(2)25-20(27)17-10-5-6-11-18(17)24-21(25)28-14(3)19(26)23-16-9-7-8-15(22)12-16/h5-14H,4H2,1-3H3,(H,23,26)/t13-,14-/m1/s1. The van der Waals surface area contributed by atoms with Crippen LogP contribution in [0, 0.1) is 5.82 Å². The summed E-state index contributed by atoms with van der Waals surface area (Å²) in [5.74, 6) is -0.700. The Hall–Kier alpha value is -2.67. The van der Waals surface area contributed by atoms with E-state index in [0.717, 1.165) is 6.42 Å². The van der Waals surface area contributed by atoms with Gasteiger partial charge in [0.25, 0.3) is 5.56 Å². The van der Waals surface area contributed by atoms with Crippen molar-refractivity contribution in [2.45, 2.75) is 43.6 Å². The molecule has 0 bridgehead atoms. The van der Waals surface area contributed by atoms with Crippen molar-refractivity contribution in [1.29, 1.82) is 0 Å². The molecule has 0 saturated heterocycles. The summed E-state index contributed by atoms with van der Waals surface area (Å²) in [5, 5.41) is 3.24. The van der Waals surface area contributed by atoms with Crippen LogP contribution in [0.3, 0.4) is 0 Å². The molecule has 5 nitrogen and oxygen atoms in total. The number of benzene rings is 2. The lowest BCUT2D eigenvalue weighted by molar-refractivity contribution is -0.115. The fourth-order valence-electron chi connectivity index (χ4n) is 2.80. The van der Waals surface area contributed by atoms with Gasteiger partial charge in [-0.2, -0.15) is 0 Å². The number of halogens is 1. The predicted octanol–water partition coefficient (Wildman–Crippen LogP) is 4.63. The Balaban J connectivity index is 1.91. The minimum absolute atomic E-state index is 0.0504. The molecule has 3 aromatic rings. The highest BCUT2D eigenvalue weighted by Crippen LogP contribution is 2.26. The Labute approximate surface area is 167 Å². The summed E-state index contributed by atoms with van der Waals surface area (Å²) in [4.78, 5) is 30.2. The SMILES string of the molecule is CC[C@@H](C)n1c(S[C@H](C)C(=O)Nc2cccc(F)c2)nc2ccccc2c1=O. The fraction of sp³-hybridized carbons (Fsp3) is 0.286. The van der Waals surface area contributed by atoms with E-state index in [2.05, 4.69) is 10.3 Å². The summed E-state index contributed by atoms with van der Waals surface area (Å²) in [6.45, 7) is 5.70. The lowest BCUT2D eigenvalue weighted by atomic mass is 10.2. The number of hydrogen-bond acceptors (Lipinski definition) is 4. The van der Waals surface area contributed by atoms with E-state index in [4.69, 9.17) is 0 Å². The molecule has 0 aliphatic rings. The van der Waals surface area contributed by atoms with E-state index >= 15 is 0 Å². The van der Waals surface area contributed by atoms with Crippen molar-refractivity contribution in [1.82, 2.24) is 9.55 Å². The van der Waals surface area contributed by atoms with Gasteiger partial charge in [-0.15, -0.1) is 0 Å². The topological polar surface area (TPSA) is 64.0 Å². The molecule has 0 aliphatic carbocycles. The Morgan fingerprint density at radius 3 is 2.68 bits per heavy atom. The average Bonchev–Trinajstić information content (AvgIpc) is 2.67. The maximum Gasteiger partial charge on any atom is 0.262 e. The molecule has 3 rings (SSSR count). The number of carbonyl (C=O) groups excluding carboxylic acids is 1. The van der Waals surface area contributed by atoms with Gasteiger partial charge < -0.3 is 5.32 Å². The average molecular weight is 399 g/mol. The summed E-state index contributed by atoms with van der Waals surface area (Å²) >= 11 is 1.22. The van der Waals surface area contributed by atoms with Gasteiger partial charge in [-0.3, -0.25) is 14.2 Å². The Morgan fingerprint density at radius 1 is 1.21 bits per heavy atom. The van der Waals surface area contributed by atoms with Gasteiger partial charge >= 0.3 is 0 Å². The maximum atomic E-state index is 13.3. The zero-order valence-corrected chi connectivity index (χ0v) is 16.8. The molecule has 0 spiro atoms. The van der Waals surface area contributed by atoms with Crippen LogP contribution in [-0.2, 0) is 4.79 Å². The maximum absolute atomic E-state index is 13.3. The number of amides is 1. The molecule has 0 aliphatic heterocycles. The minimum Gasteiger partial charge on any atom is -0.325 e. The quantitative estimate of drug-likeness (QED) is 0.485. The highest BCUT2D eigenvalue weighted by atomic mass is 32.2. The second kappa shape index (κ2) is 8.56.